The van der Waals surface area contributed by atoms with Crippen molar-refractivity contribution >= 4 is 17.6 Å². The molecule has 1 aliphatic heterocycles. The zero-order chi connectivity index (χ0) is 19.3. The van der Waals surface area contributed by atoms with Crippen LogP contribution in [0.5, 0.6) is 11.5 Å². The predicted molar refractivity (Wildman–Crippen MR) is 94.6 cm³/mol. The fourth-order valence-corrected chi connectivity index (χ4v) is 2.64. The second kappa shape index (κ2) is 8.24. The maximum absolute atomic E-state index is 12.6. The standard InChI is InChI=1S/C17H25N3O6/c1-17(10-21,11-22)18-15(23)9-19-6-7-20(16(19)24)12-4-5-13(25-2)14(8-12)26-3/h4-5,8,21-22H,6-7,9-11H2,1-3H3,(H,18,23). The van der Waals surface area contributed by atoms with E-state index < -0.39 is 24.7 Å². The number of urea groups is 1. The van der Waals surface area contributed by atoms with Gasteiger partial charge >= 0.3 is 6.03 Å². The molecule has 0 radical (unpaired) electrons. The molecule has 0 aromatic heterocycles. The summed E-state index contributed by atoms with van der Waals surface area (Å²) in [4.78, 5) is 27.7. The van der Waals surface area contributed by atoms with Crippen LogP contribution < -0.4 is 19.7 Å². The molecule has 26 heavy (non-hydrogen) atoms. The highest BCUT2D eigenvalue weighted by Gasteiger charge is 2.33. The van der Waals surface area contributed by atoms with Gasteiger partial charge in [0.15, 0.2) is 11.5 Å². The second-order valence-corrected chi connectivity index (χ2v) is 6.32. The molecular weight excluding hydrogens is 342 g/mol. The number of hydrogen-bond donors (Lipinski definition) is 3. The van der Waals surface area contributed by atoms with Gasteiger partial charge in [-0.3, -0.25) is 9.69 Å². The third-order valence-electron chi connectivity index (χ3n) is 4.25. The Morgan fingerprint density at radius 1 is 1.19 bits per heavy atom. The van der Waals surface area contributed by atoms with Crippen LogP contribution in [-0.4, -0.2) is 79.7 Å². The average Bonchev–Trinajstić information content (AvgIpc) is 3.01. The van der Waals surface area contributed by atoms with E-state index in [2.05, 4.69) is 5.32 Å². The molecule has 0 unspecified atom stereocenters. The molecule has 0 saturated carbocycles. The van der Waals surface area contributed by atoms with Crippen LogP contribution in [0.1, 0.15) is 6.92 Å². The van der Waals surface area contributed by atoms with Crippen molar-refractivity contribution in [3.63, 3.8) is 0 Å². The van der Waals surface area contributed by atoms with Crippen LogP contribution >= 0.6 is 0 Å². The van der Waals surface area contributed by atoms with Crippen molar-refractivity contribution in [3.8, 4) is 11.5 Å². The highest BCUT2D eigenvalue weighted by Crippen LogP contribution is 2.32. The van der Waals surface area contributed by atoms with Crippen LogP contribution in [0, 0.1) is 0 Å². The lowest BCUT2D eigenvalue weighted by Gasteiger charge is -2.27. The van der Waals surface area contributed by atoms with Gasteiger partial charge in [-0.15, -0.1) is 0 Å². The normalized spacial score (nSPS) is 14.6. The zero-order valence-electron chi connectivity index (χ0n) is 15.2. The average molecular weight is 367 g/mol. The number of hydrogen-bond acceptors (Lipinski definition) is 6. The lowest BCUT2D eigenvalue weighted by atomic mass is 10.1. The Hall–Kier alpha value is -2.52. The van der Waals surface area contributed by atoms with Crippen LogP contribution in [0.4, 0.5) is 10.5 Å². The first-order chi connectivity index (χ1) is 12.4. The van der Waals surface area contributed by atoms with E-state index in [-0.39, 0.29) is 12.6 Å². The zero-order valence-corrected chi connectivity index (χ0v) is 15.2. The van der Waals surface area contributed by atoms with E-state index in [4.69, 9.17) is 9.47 Å². The summed E-state index contributed by atoms with van der Waals surface area (Å²) in [7, 11) is 3.05. The molecule has 0 atom stereocenters. The van der Waals surface area contributed by atoms with E-state index in [1.54, 1.807) is 23.1 Å². The van der Waals surface area contributed by atoms with Gasteiger partial charge in [-0.05, 0) is 19.1 Å². The summed E-state index contributed by atoms with van der Waals surface area (Å²) in [5, 5.41) is 21.0. The number of carbonyl (C=O) groups excluding carboxylic acids is 2. The summed E-state index contributed by atoms with van der Waals surface area (Å²) >= 11 is 0. The van der Waals surface area contributed by atoms with Gasteiger partial charge in [0.05, 0.1) is 33.0 Å². The molecule has 0 bridgehead atoms. The van der Waals surface area contributed by atoms with Gasteiger partial charge in [0, 0.05) is 24.8 Å². The fraction of sp³-hybridized carbons (Fsp3) is 0.529. The summed E-state index contributed by atoms with van der Waals surface area (Å²) in [6, 6.07) is 4.86. The number of rotatable bonds is 8. The molecule has 1 aromatic carbocycles. The summed E-state index contributed by atoms with van der Waals surface area (Å²) < 4.78 is 10.4. The van der Waals surface area contributed by atoms with Crippen molar-refractivity contribution in [1.29, 1.82) is 0 Å². The van der Waals surface area contributed by atoms with Gasteiger partial charge in [0.25, 0.3) is 0 Å². The Kier molecular flexibility index (Phi) is 6.27. The number of anilines is 1. The summed E-state index contributed by atoms with van der Waals surface area (Å²) in [6.45, 7) is 1.38. The lowest BCUT2D eigenvalue weighted by Crippen LogP contribution is -2.54. The number of ether oxygens (including phenoxy) is 2. The van der Waals surface area contributed by atoms with Gasteiger partial charge in [-0.1, -0.05) is 0 Å². The predicted octanol–water partition coefficient (Wildman–Crippen LogP) is -0.195. The van der Waals surface area contributed by atoms with Crippen molar-refractivity contribution in [2.75, 3.05) is 52.0 Å². The molecule has 1 aromatic rings. The number of nitrogens with zero attached hydrogens (tertiary/aromatic N) is 2. The first-order valence-corrected chi connectivity index (χ1v) is 8.18. The summed E-state index contributed by atoms with van der Waals surface area (Å²) in [5.74, 6) is 0.625. The number of benzene rings is 1. The Labute approximate surface area is 152 Å². The van der Waals surface area contributed by atoms with E-state index in [0.29, 0.717) is 30.3 Å². The van der Waals surface area contributed by atoms with Crippen molar-refractivity contribution in [3.05, 3.63) is 18.2 Å². The van der Waals surface area contributed by atoms with Gasteiger partial charge in [0.1, 0.15) is 6.54 Å². The monoisotopic (exact) mass is 367 g/mol. The SMILES string of the molecule is COc1ccc(N2CCN(CC(=O)NC(C)(CO)CO)C2=O)cc1OC. The number of aliphatic hydroxyl groups excluding tert-OH is 2. The molecule has 9 heteroatoms. The number of carbonyl (C=O) groups is 2. The van der Waals surface area contributed by atoms with E-state index in [0.717, 1.165) is 0 Å². The Morgan fingerprint density at radius 2 is 1.85 bits per heavy atom. The molecule has 1 fully saturated rings. The van der Waals surface area contributed by atoms with Crippen LogP contribution in [0.25, 0.3) is 0 Å². The Bertz CT molecular complexity index is 662. The van der Waals surface area contributed by atoms with Crippen molar-refractivity contribution in [1.82, 2.24) is 10.2 Å². The van der Waals surface area contributed by atoms with Gasteiger partial charge in [-0.25, -0.2) is 4.79 Å². The molecule has 9 nitrogen and oxygen atoms in total. The topological polar surface area (TPSA) is 112 Å². The van der Waals surface area contributed by atoms with Crippen LogP contribution in [0.2, 0.25) is 0 Å². The molecule has 1 aliphatic rings. The third-order valence-corrected chi connectivity index (χ3v) is 4.25. The lowest BCUT2D eigenvalue weighted by molar-refractivity contribution is -0.124. The summed E-state index contributed by atoms with van der Waals surface area (Å²) in [5.41, 5.74) is -0.478. The highest BCUT2D eigenvalue weighted by molar-refractivity contribution is 5.96. The van der Waals surface area contributed by atoms with Crippen LogP contribution in [0.3, 0.4) is 0 Å². The van der Waals surface area contributed by atoms with Gasteiger partial charge in [0.2, 0.25) is 5.91 Å². The number of aliphatic hydroxyl groups is 2. The molecule has 1 saturated heterocycles. The molecule has 3 N–H and O–H groups in total. The first-order valence-electron chi connectivity index (χ1n) is 8.18. The maximum atomic E-state index is 12.6. The van der Waals surface area contributed by atoms with Crippen molar-refractivity contribution in [2.45, 2.75) is 12.5 Å². The molecule has 1 heterocycles. The minimum absolute atomic E-state index is 0.155. The van der Waals surface area contributed by atoms with E-state index in [9.17, 15) is 19.8 Å². The quantitative estimate of drug-likeness (QED) is 0.587. The molecule has 144 valence electrons. The minimum atomic E-state index is -1.12. The third kappa shape index (κ3) is 4.17. The second-order valence-electron chi connectivity index (χ2n) is 6.32. The van der Waals surface area contributed by atoms with Crippen molar-refractivity contribution < 1.29 is 29.3 Å². The molecular formula is C17H25N3O6. The molecule has 3 amide bonds. The van der Waals surface area contributed by atoms with E-state index >= 15 is 0 Å². The van der Waals surface area contributed by atoms with E-state index in [1.807, 2.05) is 0 Å². The largest absolute Gasteiger partial charge is 0.493 e. The van der Waals surface area contributed by atoms with Gasteiger partial charge in [-0.2, -0.15) is 0 Å². The number of nitrogens with one attached hydrogen (secondary N) is 1. The number of amides is 3. The van der Waals surface area contributed by atoms with E-state index in [1.165, 1.54) is 26.0 Å². The molecule has 0 spiro atoms. The smallest absolute Gasteiger partial charge is 0.325 e. The highest BCUT2D eigenvalue weighted by atomic mass is 16.5. The summed E-state index contributed by atoms with van der Waals surface area (Å²) in [6.07, 6.45) is 0. The molecule has 0 aliphatic carbocycles. The van der Waals surface area contributed by atoms with Gasteiger partial charge < -0.3 is 29.9 Å². The Balaban J connectivity index is 2.05. The molecule has 2 rings (SSSR count). The van der Waals surface area contributed by atoms with Crippen LogP contribution in [0.15, 0.2) is 18.2 Å². The number of methoxy groups -OCH3 is 2. The first kappa shape index (κ1) is 19.8. The Morgan fingerprint density at radius 3 is 2.42 bits per heavy atom. The fourth-order valence-electron chi connectivity index (χ4n) is 2.64. The minimum Gasteiger partial charge on any atom is -0.493 e. The van der Waals surface area contributed by atoms with Crippen LogP contribution in [-0.2, 0) is 4.79 Å². The maximum Gasteiger partial charge on any atom is 0.325 e. The van der Waals surface area contributed by atoms with Crippen molar-refractivity contribution in [2.24, 2.45) is 0 Å².